The van der Waals surface area contributed by atoms with Gasteiger partial charge in [0.25, 0.3) is 11.8 Å². The minimum atomic E-state index is -0.976. The Morgan fingerprint density at radius 2 is 1.87 bits per heavy atom. The van der Waals surface area contributed by atoms with Gasteiger partial charge in [0.1, 0.15) is 11.8 Å². The number of halogens is 2. The van der Waals surface area contributed by atoms with E-state index in [1.165, 1.54) is 0 Å². The molecule has 2 aliphatic rings. The second-order valence-electron chi connectivity index (χ2n) is 9.97. The summed E-state index contributed by atoms with van der Waals surface area (Å²) in [6, 6.07) is 11.8. The van der Waals surface area contributed by atoms with Crippen molar-refractivity contribution in [2.45, 2.75) is 69.7 Å². The van der Waals surface area contributed by atoms with Crippen LogP contribution in [0.25, 0.3) is 0 Å². The minimum Gasteiger partial charge on any atom is -0.481 e. The number of hydrogen-bond acceptors (Lipinski definition) is 5. The third-order valence-corrected chi connectivity index (χ3v) is 7.83. The number of carboxylic acid groups (broad SMARTS) is 1. The van der Waals surface area contributed by atoms with Gasteiger partial charge in [0.05, 0.1) is 12.5 Å². The number of carboxylic acids is 1. The highest BCUT2D eigenvalue weighted by molar-refractivity contribution is 6.48. The standard InChI is InChI=1S/C29H33Cl2N3O5/c1-3-6-23(18-8-10-19(11-9-18)27(37)32-14-12-25(35)36)34-28(38)26(20-15-21(30)17-22(31)16-20)33-29(34)13-5-4-7-24(29)39-2/h8-11,15-17,23-24H,3-7,12-14H2,1-2H3,(H,32,37)(H,35,36)/t23-,24?,29?/m1/s1. The number of amides is 2. The monoisotopic (exact) mass is 573 g/mol. The Balaban J connectivity index is 1.72. The maximum absolute atomic E-state index is 14.2. The highest BCUT2D eigenvalue weighted by Crippen LogP contribution is 2.46. The van der Waals surface area contributed by atoms with Crippen molar-refractivity contribution in [3.8, 4) is 0 Å². The van der Waals surface area contributed by atoms with Gasteiger partial charge in [0.2, 0.25) is 0 Å². The zero-order chi connectivity index (χ0) is 28.2. The maximum atomic E-state index is 14.2. The van der Waals surface area contributed by atoms with Crippen LogP contribution >= 0.6 is 23.2 Å². The van der Waals surface area contributed by atoms with Crippen molar-refractivity contribution in [3.63, 3.8) is 0 Å². The molecule has 208 valence electrons. The molecule has 1 aliphatic heterocycles. The predicted molar refractivity (Wildman–Crippen MR) is 151 cm³/mol. The maximum Gasteiger partial charge on any atom is 0.305 e. The molecule has 4 rings (SSSR count). The lowest BCUT2D eigenvalue weighted by Gasteiger charge is -2.47. The van der Waals surface area contributed by atoms with Gasteiger partial charge < -0.3 is 20.1 Å². The molecule has 1 spiro atoms. The Morgan fingerprint density at radius 3 is 2.49 bits per heavy atom. The Hall–Kier alpha value is -2.94. The average molecular weight is 575 g/mol. The normalized spacial score (nSPS) is 21.6. The van der Waals surface area contributed by atoms with Crippen LogP contribution in [-0.4, -0.2) is 58.9 Å². The first-order valence-electron chi connectivity index (χ1n) is 13.2. The van der Waals surface area contributed by atoms with Gasteiger partial charge in [-0.05, 0) is 61.6 Å². The zero-order valence-electron chi connectivity index (χ0n) is 22.1. The van der Waals surface area contributed by atoms with E-state index in [1.54, 1.807) is 37.4 Å². The SMILES string of the molecule is CCC[C@H](c1ccc(C(=O)NCCC(=O)O)cc1)N1C(=O)C(c2cc(Cl)cc(Cl)c2)=NC12CCCCC2OC. The molecule has 8 nitrogen and oxygen atoms in total. The minimum absolute atomic E-state index is 0.0468. The van der Waals surface area contributed by atoms with E-state index in [-0.39, 0.29) is 36.9 Å². The first kappa shape index (κ1) is 29.1. The van der Waals surface area contributed by atoms with E-state index >= 15 is 0 Å². The van der Waals surface area contributed by atoms with E-state index in [0.717, 1.165) is 31.2 Å². The van der Waals surface area contributed by atoms with Crippen LogP contribution in [0.1, 0.15) is 79.4 Å². The molecule has 0 saturated heterocycles. The summed E-state index contributed by atoms with van der Waals surface area (Å²) in [4.78, 5) is 44.5. The first-order chi connectivity index (χ1) is 18.7. The van der Waals surface area contributed by atoms with Gasteiger partial charge in [-0.3, -0.25) is 14.4 Å². The van der Waals surface area contributed by atoms with Crippen molar-refractivity contribution < 1.29 is 24.2 Å². The topological polar surface area (TPSA) is 108 Å². The fraction of sp³-hybridized carbons (Fsp3) is 0.448. The Kier molecular flexibility index (Phi) is 9.31. The molecule has 10 heteroatoms. The van der Waals surface area contributed by atoms with Crippen molar-refractivity contribution in [1.82, 2.24) is 10.2 Å². The summed E-state index contributed by atoms with van der Waals surface area (Å²) in [5.74, 6) is -1.53. The summed E-state index contributed by atoms with van der Waals surface area (Å²) in [5.41, 5.74) is 1.32. The zero-order valence-corrected chi connectivity index (χ0v) is 23.6. The lowest BCUT2D eigenvalue weighted by Crippen LogP contribution is -2.57. The van der Waals surface area contributed by atoms with E-state index in [9.17, 15) is 14.4 Å². The van der Waals surface area contributed by atoms with Gasteiger partial charge in [0, 0.05) is 34.8 Å². The van der Waals surface area contributed by atoms with Gasteiger partial charge >= 0.3 is 5.97 Å². The quantitative estimate of drug-likeness (QED) is 0.381. The van der Waals surface area contributed by atoms with Crippen molar-refractivity contribution >= 4 is 46.7 Å². The summed E-state index contributed by atoms with van der Waals surface area (Å²) in [5, 5.41) is 12.3. The lowest BCUT2D eigenvalue weighted by molar-refractivity contribution is -0.143. The molecular formula is C29H33Cl2N3O5. The van der Waals surface area contributed by atoms with Crippen molar-refractivity contribution in [2.75, 3.05) is 13.7 Å². The number of ether oxygens (including phenoxy) is 1. The molecule has 0 aromatic heterocycles. The highest BCUT2D eigenvalue weighted by atomic mass is 35.5. The molecule has 39 heavy (non-hydrogen) atoms. The van der Waals surface area contributed by atoms with E-state index in [2.05, 4.69) is 12.2 Å². The predicted octanol–water partition coefficient (Wildman–Crippen LogP) is 5.66. The average Bonchev–Trinajstić information content (AvgIpc) is 3.18. The van der Waals surface area contributed by atoms with E-state index in [1.807, 2.05) is 17.0 Å². The van der Waals surface area contributed by atoms with Crippen LogP contribution in [0.15, 0.2) is 47.5 Å². The van der Waals surface area contributed by atoms with Gasteiger partial charge in [0.15, 0.2) is 5.66 Å². The van der Waals surface area contributed by atoms with Crippen molar-refractivity contribution in [3.05, 3.63) is 69.2 Å². The molecule has 2 aromatic rings. The first-order valence-corrected chi connectivity index (χ1v) is 14.0. The fourth-order valence-corrected chi connectivity index (χ4v) is 6.18. The number of aliphatic imine (C=N–C) groups is 1. The van der Waals surface area contributed by atoms with Crippen LogP contribution in [0.2, 0.25) is 10.0 Å². The van der Waals surface area contributed by atoms with Crippen molar-refractivity contribution in [1.29, 1.82) is 0 Å². The molecule has 0 bridgehead atoms. The number of nitrogens with zero attached hydrogens (tertiary/aromatic N) is 2. The number of methoxy groups -OCH3 is 1. The van der Waals surface area contributed by atoms with Crippen LogP contribution in [-0.2, 0) is 14.3 Å². The second-order valence-corrected chi connectivity index (χ2v) is 10.8. The van der Waals surface area contributed by atoms with E-state index < -0.39 is 11.6 Å². The molecular weight excluding hydrogens is 541 g/mol. The second kappa shape index (κ2) is 12.5. The van der Waals surface area contributed by atoms with Gasteiger partial charge in [-0.1, -0.05) is 55.1 Å². The molecule has 2 amide bonds. The Morgan fingerprint density at radius 1 is 1.18 bits per heavy atom. The van der Waals surface area contributed by atoms with E-state index in [4.69, 9.17) is 38.0 Å². The van der Waals surface area contributed by atoms with Crippen LogP contribution in [0, 0.1) is 0 Å². The number of aliphatic carboxylic acids is 1. The molecule has 2 N–H and O–H groups in total. The smallest absolute Gasteiger partial charge is 0.305 e. The summed E-state index contributed by atoms with van der Waals surface area (Å²) in [7, 11) is 1.66. The molecule has 1 fully saturated rings. The molecule has 1 heterocycles. The fourth-order valence-electron chi connectivity index (χ4n) is 5.65. The van der Waals surface area contributed by atoms with Crippen LogP contribution in [0.3, 0.4) is 0 Å². The Bertz CT molecular complexity index is 1250. The third-order valence-electron chi connectivity index (χ3n) is 7.40. The van der Waals surface area contributed by atoms with Gasteiger partial charge in [-0.25, -0.2) is 4.99 Å². The molecule has 1 saturated carbocycles. The molecule has 0 radical (unpaired) electrons. The molecule has 3 atom stereocenters. The molecule has 1 aliphatic carbocycles. The number of benzene rings is 2. The lowest BCUT2D eigenvalue weighted by atomic mass is 9.83. The van der Waals surface area contributed by atoms with Crippen LogP contribution < -0.4 is 5.32 Å². The number of carbonyl (C=O) groups is 3. The summed E-state index contributed by atoms with van der Waals surface area (Å²) in [6.45, 7) is 2.11. The number of hydrogen-bond donors (Lipinski definition) is 2. The number of nitrogens with one attached hydrogen (secondary N) is 1. The van der Waals surface area contributed by atoms with Gasteiger partial charge in [-0.2, -0.15) is 0 Å². The Labute approximate surface area is 238 Å². The molecule has 2 unspecified atom stereocenters. The largest absolute Gasteiger partial charge is 0.481 e. The van der Waals surface area contributed by atoms with Crippen molar-refractivity contribution in [2.24, 2.45) is 4.99 Å². The van der Waals surface area contributed by atoms with E-state index in [0.29, 0.717) is 39.7 Å². The highest BCUT2D eigenvalue weighted by Gasteiger charge is 2.55. The summed E-state index contributed by atoms with van der Waals surface area (Å²) < 4.78 is 5.96. The number of carbonyl (C=O) groups excluding carboxylic acids is 2. The summed E-state index contributed by atoms with van der Waals surface area (Å²) in [6.07, 6.45) is 4.42. The van der Waals surface area contributed by atoms with Gasteiger partial charge in [-0.15, -0.1) is 0 Å². The third kappa shape index (κ3) is 6.13. The summed E-state index contributed by atoms with van der Waals surface area (Å²) >= 11 is 12.6. The van der Waals surface area contributed by atoms with Crippen LogP contribution in [0.5, 0.6) is 0 Å². The number of rotatable bonds is 10. The van der Waals surface area contributed by atoms with Crippen LogP contribution in [0.4, 0.5) is 0 Å². The molecule has 2 aromatic carbocycles.